The average molecular weight is 626 g/mol. The summed E-state index contributed by atoms with van der Waals surface area (Å²) in [5.41, 5.74) is 0.345. The number of aromatic nitrogens is 2. The van der Waals surface area contributed by atoms with Crippen molar-refractivity contribution < 1.29 is 28.8 Å². The van der Waals surface area contributed by atoms with Crippen molar-refractivity contribution in [3.63, 3.8) is 0 Å². The van der Waals surface area contributed by atoms with Crippen LogP contribution in [0.1, 0.15) is 25.8 Å². The first-order valence-electron chi connectivity index (χ1n) is 12.1. The van der Waals surface area contributed by atoms with Crippen molar-refractivity contribution >= 4 is 64.3 Å². The number of hydrogen-bond acceptors (Lipinski definition) is 8. The first-order chi connectivity index (χ1) is 19.5. The van der Waals surface area contributed by atoms with Crippen LogP contribution in [0.25, 0.3) is 6.08 Å². The Morgan fingerprint density at radius 1 is 1.10 bits per heavy atom. The molecule has 0 bridgehead atoms. The van der Waals surface area contributed by atoms with E-state index in [0.717, 1.165) is 6.42 Å². The van der Waals surface area contributed by atoms with Crippen molar-refractivity contribution in [2.45, 2.75) is 20.3 Å². The minimum atomic E-state index is -0.735. The van der Waals surface area contributed by atoms with Crippen molar-refractivity contribution in [1.29, 1.82) is 0 Å². The Bertz CT molecular complexity index is 1370. The van der Waals surface area contributed by atoms with Crippen LogP contribution < -0.4 is 4.74 Å². The van der Waals surface area contributed by atoms with E-state index in [4.69, 9.17) is 39.5 Å². The second kappa shape index (κ2) is 16.4. The smallest absolute Gasteiger partial charge is 0.341 e. The monoisotopic (exact) mass is 624 g/mol. The molecule has 0 saturated heterocycles. The lowest BCUT2D eigenvalue weighted by Gasteiger charge is -2.22. The molecule has 3 rings (SSSR count). The standard InChI is InChI=1S/C15H16Cl3N3O2.C12H11NO5/c1-2-4-20(15(22)21-5-3-19-10-21)6-7-23-14-12(17)8-11(16)9-13(14)18;1-8(14)11(12(15)18-2)7-9-3-5-10(6-4-9)13(16)17/h3,5,8-10H,2,4,6-7H2,1H3;3-7H,1-2H3/b;11-7-. The maximum Gasteiger partial charge on any atom is 0.341 e. The fourth-order valence-electron chi connectivity index (χ4n) is 3.31. The Balaban J connectivity index is 0.000000296. The molecule has 0 fully saturated rings. The summed E-state index contributed by atoms with van der Waals surface area (Å²) in [6.07, 6.45) is 6.81. The Kier molecular flexibility index (Phi) is 13.3. The highest BCUT2D eigenvalue weighted by Crippen LogP contribution is 2.35. The normalized spacial score (nSPS) is 10.7. The molecule has 0 aliphatic heterocycles. The lowest BCUT2D eigenvalue weighted by Crippen LogP contribution is -2.37. The SMILES string of the molecule is CCCN(CCOc1c(Cl)cc(Cl)cc1Cl)C(=O)n1ccnc1.COC(=O)/C(=C\c1ccc([N+](=O)[O-])cc1)C(C)=O. The number of Topliss-reactive ketones (excluding diaryl/α,β-unsaturated/α-hetero) is 1. The molecule has 0 radical (unpaired) electrons. The van der Waals surface area contributed by atoms with E-state index in [0.29, 0.717) is 39.5 Å². The maximum atomic E-state index is 12.3. The number of hydrogen-bond donors (Lipinski definition) is 0. The predicted octanol–water partition coefficient (Wildman–Crippen LogP) is 6.34. The quantitative estimate of drug-likeness (QED) is 0.0636. The third-order valence-electron chi connectivity index (χ3n) is 5.26. The van der Waals surface area contributed by atoms with Crippen LogP contribution in [-0.2, 0) is 14.3 Å². The van der Waals surface area contributed by atoms with Gasteiger partial charge in [-0.1, -0.05) is 41.7 Å². The van der Waals surface area contributed by atoms with Gasteiger partial charge in [-0.15, -0.1) is 0 Å². The Morgan fingerprint density at radius 2 is 1.73 bits per heavy atom. The molecule has 11 nitrogen and oxygen atoms in total. The number of nitro groups is 1. The van der Waals surface area contributed by atoms with Crippen LogP contribution in [-0.4, -0.2) is 64.0 Å². The number of amides is 1. The van der Waals surface area contributed by atoms with Crippen LogP contribution in [0.2, 0.25) is 15.1 Å². The Labute approximate surface area is 251 Å². The van der Waals surface area contributed by atoms with Gasteiger partial charge in [0.25, 0.3) is 5.69 Å². The van der Waals surface area contributed by atoms with Gasteiger partial charge in [0.15, 0.2) is 11.5 Å². The highest BCUT2D eigenvalue weighted by molar-refractivity contribution is 6.40. The molecule has 1 amide bonds. The summed E-state index contributed by atoms with van der Waals surface area (Å²) in [6.45, 7) is 4.53. The molecular formula is C27H27Cl3N4O7. The number of nitro benzene ring substituents is 1. The largest absolute Gasteiger partial charge is 0.489 e. The summed E-state index contributed by atoms with van der Waals surface area (Å²) in [7, 11) is 1.18. The summed E-state index contributed by atoms with van der Waals surface area (Å²) < 4.78 is 11.5. The number of esters is 1. The number of ether oxygens (including phenoxy) is 2. The third kappa shape index (κ3) is 10.2. The van der Waals surface area contributed by atoms with E-state index in [1.165, 1.54) is 55.3 Å². The summed E-state index contributed by atoms with van der Waals surface area (Å²) in [5.74, 6) is -0.801. The zero-order chi connectivity index (χ0) is 30.5. The molecule has 41 heavy (non-hydrogen) atoms. The topological polar surface area (TPSA) is 134 Å². The number of nitrogens with zero attached hydrogens (tertiary/aromatic N) is 4. The second-order valence-corrected chi connectivity index (χ2v) is 9.49. The van der Waals surface area contributed by atoms with Gasteiger partial charge in [0.2, 0.25) is 0 Å². The summed E-state index contributed by atoms with van der Waals surface area (Å²) in [5, 5.41) is 11.6. The highest BCUT2D eigenvalue weighted by Gasteiger charge is 2.16. The number of ketones is 1. The molecule has 3 aromatic rings. The Hall–Kier alpha value is -3.93. The summed E-state index contributed by atoms with van der Waals surface area (Å²) >= 11 is 18.0. The molecule has 2 aromatic carbocycles. The number of rotatable bonds is 10. The molecule has 0 atom stereocenters. The molecule has 0 spiro atoms. The molecule has 1 aromatic heterocycles. The number of non-ortho nitro benzene ring substituents is 1. The summed E-state index contributed by atoms with van der Waals surface area (Å²) in [4.78, 5) is 50.4. The van der Waals surface area contributed by atoms with Gasteiger partial charge in [-0.05, 0) is 49.2 Å². The molecule has 0 aliphatic rings. The first-order valence-corrected chi connectivity index (χ1v) is 13.2. The molecule has 218 valence electrons. The molecule has 14 heteroatoms. The number of imidazole rings is 1. The van der Waals surface area contributed by atoms with Crippen molar-refractivity contribution in [2.24, 2.45) is 0 Å². The van der Waals surface area contributed by atoms with Gasteiger partial charge < -0.3 is 14.4 Å². The van der Waals surface area contributed by atoms with E-state index < -0.39 is 16.7 Å². The van der Waals surface area contributed by atoms with Crippen molar-refractivity contribution in [3.05, 3.63) is 91.4 Å². The van der Waals surface area contributed by atoms with E-state index in [-0.39, 0.29) is 23.9 Å². The third-order valence-corrected chi connectivity index (χ3v) is 6.04. The minimum Gasteiger partial charge on any atom is -0.489 e. The zero-order valence-electron chi connectivity index (χ0n) is 22.4. The van der Waals surface area contributed by atoms with Crippen LogP contribution in [0.5, 0.6) is 5.75 Å². The van der Waals surface area contributed by atoms with Gasteiger partial charge >= 0.3 is 12.0 Å². The average Bonchev–Trinajstić information content (AvgIpc) is 3.47. The van der Waals surface area contributed by atoms with Crippen LogP contribution in [0, 0.1) is 10.1 Å². The number of halogens is 3. The Morgan fingerprint density at radius 3 is 2.22 bits per heavy atom. The number of carbonyl (C=O) groups is 3. The first kappa shape index (κ1) is 33.3. The van der Waals surface area contributed by atoms with Gasteiger partial charge in [0.1, 0.15) is 18.5 Å². The minimum absolute atomic E-state index is 0.0606. The second-order valence-electron chi connectivity index (χ2n) is 8.24. The molecule has 1 heterocycles. The molecule has 0 saturated carbocycles. The maximum absolute atomic E-state index is 12.3. The number of carbonyl (C=O) groups excluding carboxylic acids is 3. The van der Waals surface area contributed by atoms with Gasteiger partial charge in [0, 0.05) is 36.1 Å². The van der Waals surface area contributed by atoms with Crippen LogP contribution in [0.4, 0.5) is 10.5 Å². The van der Waals surface area contributed by atoms with Crippen LogP contribution in [0.15, 0.2) is 60.7 Å². The predicted molar refractivity (Wildman–Crippen MR) is 156 cm³/mol. The number of methoxy groups -OCH3 is 1. The van der Waals surface area contributed by atoms with Gasteiger partial charge in [-0.25, -0.2) is 14.6 Å². The van der Waals surface area contributed by atoms with E-state index in [9.17, 15) is 24.5 Å². The molecule has 0 N–H and O–H groups in total. The lowest BCUT2D eigenvalue weighted by atomic mass is 10.1. The van der Waals surface area contributed by atoms with E-state index >= 15 is 0 Å². The van der Waals surface area contributed by atoms with Gasteiger partial charge in [-0.3, -0.25) is 19.5 Å². The number of benzene rings is 2. The van der Waals surface area contributed by atoms with Crippen molar-refractivity contribution in [1.82, 2.24) is 14.5 Å². The van der Waals surface area contributed by atoms with E-state index in [1.54, 1.807) is 29.4 Å². The molecule has 0 aliphatic carbocycles. The molecular weight excluding hydrogens is 599 g/mol. The van der Waals surface area contributed by atoms with E-state index in [1.807, 2.05) is 6.92 Å². The van der Waals surface area contributed by atoms with E-state index in [2.05, 4.69) is 9.72 Å². The van der Waals surface area contributed by atoms with Gasteiger partial charge in [-0.2, -0.15) is 0 Å². The summed E-state index contributed by atoms with van der Waals surface area (Å²) in [6, 6.07) is 8.45. The van der Waals surface area contributed by atoms with Crippen molar-refractivity contribution in [3.8, 4) is 5.75 Å². The van der Waals surface area contributed by atoms with Crippen LogP contribution in [0.3, 0.4) is 0 Å². The fraction of sp³-hybridized carbons (Fsp3) is 0.259. The molecule has 0 unspecified atom stereocenters. The van der Waals surface area contributed by atoms with Gasteiger partial charge in [0.05, 0.1) is 28.6 Å². The van der Waals surface area contributed by atoms with Crippen LogP contribution >= 0.6 is 34.8 Å². The lowest BCUT2D eigenvalue weighted by molar-refractivity contribution is -0.384. The highest BCUT2D eigenvalue weighted by atomic mass is 35.5. The van der Waals surface area contributed by atoms with Crippen molar-refractivity contribution in [2.75, 3.05) is 26.8 Å². The fourth-order valence-corrected chi connectivity index (χ4v) is 4.23. The zero-order valence-corrected chi connectivity index (χ0v) is 24.7.